The number of amides is 1. The first-order valence-corrected chi connectivity index (χ1v) is 7.74. The molecule has 1 aromatic heterocycles. The number of aryl methyl sites for hydroxylation is 1. The molecule has 1 amide bonds. The highest BCUT2D eigenvalue weighted by molar-refractivity contribution is 9.10. The summed E-state index contributed by atoms with van der Waals surface area (Å²) in [6.07, 6.45) is 4.20. The van der Waals surface area contributed by atoms with Crippen LogP contribution >= 0.6 is 15.9 Å². The fourth-order valence-corrected chi connectivity index (χ4v) is 3.61. The fourth-order valence-electron chi connectivity index (χ4n) is 3.14. The van der Waals surface area contributed by atoms with E-state index in [0.717, 1.165) is 30.7 Å². The first-order valence-electron chi connectivity index (χ1n) is 6.95. The lowest BCUT2D eigenvalue weighted by atomic mass is 10.1. The van der Waals surface area contributed by atoms with Crippen LogP contribution < -0.4 is 0 Å². The Morgan fingerprint density at radius 1 is 1.47 bits per heavy atom. The maximum atomic E-state index is 12.7. The van der Waals surface area contributed by atoms with Crippen molar-refractivity contribution in [3.05, 3.63) is 16.4 Å². The van der Waals surface area contributed by atoms with Crippen LogP contribution in [0.25, 0.3) is 0 Å². The topological polar surface area (TPSA) is 41.4 Å². The van der Waals surface area contributed by atoms with Gasteiger partial charge >= 0.3 is 0 Å². The molecular formula is C13H19BrN4O. The molecule has 1 aromatic rings. The van der Waals surface area contributed by atoms with Crippen molar-refractivity contribution in [1.29, 1.82) is 0 Å². The van der Waals surface area contributed by atoms with Gasteiger partial charge in [0.1, 0.15) is 5.69 Å². The first-order chi connectivity index (χ1) is 9.20. The number of nitrogens with zero attached hydrogens (tertiary/aromatic N) is 4. The largest absolute Gasteiger partial charge is 0.334 e. The van der Waals surface area contributed by atoms with Crippen molar-refractivity contribution in [1.82, 2.24) is 19.6 Å². The van der Waals surface area contributed by atoms with Gasteiger partial charge in [0.15, 0.2) is 0 Å². The Bertz CT molecular complexity index is 487. The van der Waals surface area contributed by atoms with Crippen LogP contribution in [0.3, 0.4) is 0 Å². The van der Waals surface area contributed by atoms with Gasteiger partial charge in [-0.15, -0.1) is 0 Å². The molecule has 0 bridgehead atoms. The standard InChI is InChI=1S/C13H19BrN4O/c1-2-18-12(11(14)8-15-18)13(19)17-7-6-16-5-3-4-10(16)9-17/h8,10H,2-7,9H2,1H3/t10-/m0/s1. The molecule has 6 heteroatoms. The third-order valence-electron chi connectivity index (χ3n) is 4.17. The number of carbonyl (C=O) groups is 1. The number of halogens is 1. The second-order valence-electron chi connectivity index (χ2n) is 5.24. The average Bonchev–Trinajstić information content (AvgIpc) is 3.02. The van der Waals surface area contributed by atoms with Gasteiger partial charge in [0, 0.05) is 32.2 Å². The number of piperazine rings is 1. The van der Waals surface area contributed by atoms with Crippen LogP contribution in [-0.2, 0) is 6.54 Å². The van der Waals surface area contributed by atoms with Gasteiger partial charge in [0.25, 0.3) is 5.91 Å². The molecule has 1 atom stereocenters. The summed E-state index contributed by atoms with van der Waals surface area (Å²) in [7, 11) is 0. The van der Waals surface area contributed by atoms with Crippen molar-refractivity contribution in [2.45, 2.75) is 32.4 Å². The maximum absolute atomic E-state index is 12.7. The van der Waals surface area contributed by atoms with Crippen molar-refractivity contribution < 1.29 is 4.79 Å². The molecule has 2 saturated heterocycles. The summed E-state index contributed by atoms with van der Waals surface area (Å²) in [5.41, 5.74) is 0.689. The number of fused-ring (bicyclic) bond motifs is 1. The van der Waals surface area contributed by atoms with E-state index in [1.54, 1.807) is 10.9 Å². The molecule has 0 radical (unpaired) electrons. The van der Waals surface area contributed by atoms with Crippen LogP contribution in [0.5, 0.6) is 0 Å². The number of hydrogen-bond donors (Lipinski definition) is 0. The zero-order valence-electron chi connectivity index (χ0n) is 11.2. The lowest BCUT2D eigenvalue weighted by Crippen LogP contribution is -2.52. The Morgan fingerprint density at radius 3 is 3.11 bits per heavy atom. The lowest BCUT2D eigenvalue weighted by Gasteiger charge is -2.37. The van der Waals surface area contributed by atoms with Crippen LogP contribution in [0.4, 0.5) is 0 Å². The molecule has 0 spiro atoms. The molecular weight excluding hydrogens is 308 g/mol. The molecule has 3 heterocycles. The summed E-state index contributed by atoms with van der Waals surface area (Å²) in [5, 5.41) is 4.23. The van der Waals surface area contributed by atoms with Gasteiger partial charge in [-0.3, -0.25) is 14.4 Å². The lowest BCUT2D eigenvalue weighted by molar-refractivity contribution is 0.0559. The minimum Gasteiger partial charge on any atom is -0.334 e. The summed E-state index contributed by atoms with van der Waals surface area (Å²) >= 11 is 3.44. The number of carbonyl (C=O) groups excluding carboxylic acids is 1. The van der Waals surface area contributed by atoms with E-state index in [4.69, 9.17) is 0 Å². The predicted molar refractivity (Wildman–Crippen MR) is 76.1 cm³/mol. The highest BCUT2D eigenvalue weighted by atomic mass is 79.9. The van der Waals surface area contributed by atoms with Gasteiger partial charge in [-0.25, -0.2) is 0 Å². The Labute approximate surface area is 121 Å². The number of rotatable bonds is 2. The summed E-state index contributed by atoms with van der Waals surface area (Å²) in [5.74, 6) is 0.109. The van der Waals surface area contributed by atoms with Crippen LogP contribution in [0.2, 0.25) is 0 Å². The fraction of sp³-hybridized carbons (Fsp3) is 0.692. The highest BCUT2D eigenvalue weighted by Gasteiger charge is 2.34. The van der Waals surface area contributed by atoms with E-state index in [0.29, 0.717) is 11.7 Å². The Morgan fingerprint density at radius 2 is 2.32 bits per heavy atom. The normalized spacial score (nSPS) is 23.7. The van der Waals surface area contributed by atoms with Gasteiger partial charge in [0.05, 0.1) is 10.7 Å². The molecule has 2 aliphatic rings. The molecule has 2 aliphatic heterocycles. The zero-order chi connectivity index (χ0) is 13.4. The van der Waals surface area contributed by atoms with Crippen molar-refractivity contribution in [3.8, 4) is 0 Å². The smallest absolute Gasteiger partial charge is 0.273 e. The molecule has 2 fully saturated rings. The SMILES string of the molecule is CCn1ncc(Br)c1C(=O)N1CCN2CCC[C@H]2C1. The van der Waals surface area contributed by atoms with E-state index in [2.05, 4.69) is 25.9 Å². The molecule has 3 rings (SSSR count). The predicted octanol–water partition coefficient (Wildman–Crippen LogP) is 1.59. The molecule has 19 heavy (non-hydrogen) atoms. The first kappa shape index (κ1) is 13.1. The van der Waals surface area contributed by atoms with E-state index in [9.17, 15) is 4.79 Å². The highest BCUT2D eigenvalue weighted by Crippen LogP contribution is 2.24. The molecule has 0 unspecified atom stereocenters. The monoisotopic (exact) mass is 326 g/mol. The Kier molecular flexibility index (Phi) is 3.62. The second kappa shape index (κ2) is 5.25. The molecule has 0 aliphatic carbocycles. The average molecular weight is 327 g/mol. The van der Waals surface area contributed by atoms with E-state index in [-0.39, 0.29) is 5.91 Å². The third kappa shape index (κ3) is 2.31. The molecule has 0 N–H and O–H groups in total. The summed E-state index contributed by atoms with van der Waals surface area (Å²) < 4.78 is 2.57. The summed E-state index contributed by atoms with van der Waals surface area (Å²) in [6.45, 7) is 6.62. The molecule has 0 saturated carbocycles. The van der Waals surface area contributed by atoms with Crippen molar-refractivity contribution in [2.75, 3.05) is 26.2 Å². The molecule has 104 valence electrons. The molecule has 0 aromatic carbocycles. The van der Waals surface area contributed by atoms with Crippen LogP contribution in [0.15, 0.2) is 10.7 Å². The molecule has 5 nitrogen and oxygen atoms in total. The summed E-state index contributed by atoms with van der Waals surface area (Å²) in [4.78, 5) is 17.2. The Balaban J connectivity index is 1.78. The minimum atomic E-state index is 0.109. The van der Waals surface area contributed by atoms with Gasteiger partial charge in [0.2, 0.25) is 0 Å². The van der Waals surface area contributed by atoms with Crippen LogP contribution in [-0.4, -0.2) is 57.7 Å². The number of aromatic nitrogens is 2. The van der Waals surface area contributed by atoms with Gasteiger partial charge in [-0.1, -0.05) is 0 Å². The van der Waals surface area contributed by atoms with Crippen molar-refractivity contribution in [2.24, 2.45) is 0 Å². The van der Waals surface area contributed by atoms with Gasteiger partial charge < -0.3 is 4.90 Å². The minimum absolute atomic E-state index is 0.109. The maximum Gasteiger partial charge on any atom is 0.273 e. The zero-order valence-corrected chi connectivity index (χ0v) is 12.8. The summed E-state index contributed by atoms with van der Waals surface area (Å²) in [6, 6.07) is 0.564. The van der Waals surface area contributed by atoms with E-state index < -0.39 is 0 Å². The number of hydrogen-bond acceptors (Lipinski definition) is 3. The van der Waals surface area contributed by atoms with E-state index in [1.807, 2.05) is 11.8 Å². The van der Waals surface area contributed by atoms with E-state index in [1.165, 1.54) is 19.4 Å². The van der Waals surface area contributed by atoms with Gasteiger partial charge in [-0.2, -0.15) is 5.10 Å². The quantitative estimate of drug-likeness (QED) is 0.828. The van der Waals surface area contributed by atoms with Crippen molar-refractivity contribution in [3.63, 3.8) is 0 Å². The van der Waals surface area contributed by atoms with E-state index >= 15 is 0 Å². The second-order valence-corrected chi connectivity index (χ2v) is 6.09. The van der Waals surface area contributed by atoms with Crippen molar-refractivity contribution >= 4 is 21.8 Å². The Hall–Kier alpha value is -0.880. The van der Waals surface area contributed by atoms with Crippen LogP contribution in [0, 0.1) is 0 Å². The van der Waals surface area contributed by atoms with Gasteiger partial charge in [-0.05, 0) is 42.2 Å². The van der Waals surface area contributed by atoms with Crippen LogP contribution in [0.1, 0.15) is 30.3 Å². The third-order valence-corrected chi connectivity index (χ3v) is 4.75.